The van der Waals surface area contributed by atoms with E-state index in [0.717, 1.165) is 0 Å². The van der Waals surface area contributed by atoms with Crippen LogP contribution >= 0.6 is 0 Å². The summed E-state index contributed by atoms with van der Waals surface area (Å²) in [5.41, 5.74) is 0.231. The van der Waals surface area contributed by atoms with Crippen LogP contribution in [0, 0.1) is 0 Å². The molecule has 0 atom stereocenters. The zero-order valence-electron chi connectivity index (χ0n) is 11.5. The molecule has 112 valence electrons. The molecule has 1 aromatic heterocycles. The summed E-state index contributed by atoms with van der Waals surface area (Å²) in [6.45, 7) is 3.81. The Morgan fingerprint density at radius 2 is 2.25 bits per heavy atom. The van der Waals surface area contributed by atoms with Crippen LogP contribution in [0.5, 0.6) is 0 Å². The van der Waals surface area contributed by atoms with E-state index in [1.54, 1.807) is 13.1 Å². The third-order valence-electron chi connectivity index (χ3n) is 2.78. The van der Waals surface area contributed by atoms with Crippen molar-refractivity contribution in [2.45, 2.75) is 4.90 Å². The molecule has 0 saturated heterocycles. The SMILES string of the molecule is C=CCN(CCO)C(=O)c1cc(S(=O)(=O)NC)cn1C. The maximum atomic E-state index is 12.3. The van der Waals surface area contributed by atoms with Crippen LogP contribution in [0.15, 0.2) is 29.8 Å². The van der Waals surface area contributed by atoms with E-state index in [2.05, 4.69) is 11.3 Å². The molecule has 0 aliphatic heterocycles. The van der Waals surface area contributed by atoms with Crippen molar-refractivity contribution in [2.75, 3.05) is 26.7 Å². The molecule has 0 bridgehead atoms. The molecular weight excluding hydrogens is 282 g/mol. The van der Waals surface area contributed by atoms with Gasteiger partial charge in [-0.15, -0.1) is 6.58 Å². The number of aromatic nitrogens is 1. The summed E-state index contributed by atoms with van der Waals surface area (Å²) in [6, 6.07) is 1.31. The van der Waals surface area contributed by atoms with Crippen molar-refractivity contribution < 1.29 is 18.3 Å². The number of aryl methyl sites for hydroxylation is 1. The summed E-state index contributed by atoms with van der Waals surface area (Å²) in [5.74, 6) is -0.362. The molecule has 2 N–H and O–H groups in total. The number of nitrogens with one attached hydrogen (secondary N) is 1. The van der Waals surface area contributed by atoms with Gasteiger partial charge in [0, 0.05) is 26.3 Å². The molecular formula is C12H19N3O4S. The van der Waals surface area contributed by atoms with Gasteiger partial charge in [0.2, 0.25) is 10.0 Å². The fourth-order valence-electron chi connectivity index (χ4n) is 1.73. The highest BCUT2D eigenvalue weighted by Gasteiger charge is 2.22. The maximum absolute atomic E-state index is 12.3. The summed E-state index contributed by atoms with van der Waals surface area (Å²) >= 11 is 0. The van der Waals surface area contributed by atoms with Gasteiger partial charge < -0.3 is 14.6 Å². The molecule has 0 spiro atoms. The van der Waals surface area contributed by atoms with Gasteiger partial charge in [-0.2, -0.15) is 0 Å². The Kier molecular flexibility index (Phi) is 5.49. The van der Waals surface area contributed by atoms with Gasteiger partial charge in [0.1, 0.15) is 10.6 Å². The highest BCUT2D eigenvalue weighted by Crippen LogP contribution is 2.15. The minimum Gasteiger partial charge on any atom is -0.395 e. The Hall–Kier alpha value is -1.64. The molecule has 1 heterocycles. The topological polar surface area (TPSA) is 91.6 Å². The largest absolute Gasteiger partial charge is 0.395 e. The van der Waals surface area contributed by atoms with Crippen molar-refractivity contribution in [1.29, 1.82) is 0 Å². The Morgan fingerprint density at radius 3 is 2.75 bits per heavy atom. The monoisotopic (exact) mass is 301 g/mol. The van der Waals surface area contributed by atoms with Crippen LogP contribution in [-0.4, -0.2) is 55.6 Å². The molecule has 1 aromatic rings. The third-order valence-corrected chi connectivity index (χ3v) is 4.17. The maximum Gasteiger partial charge on any atom is 0.270 e. The highest BCUT2D eigenvalue weighted by molar-refractivity contribution is 7.89. The summed E-state index contributed by atoms with van der Waals surface area (Å²) in [4.78, 5) is 13.7. The lowest BCUT2D eigenvalue weighted by molar-refractivity contribution is 0.0733. The second kappa shape index (κ2) is 6.69. The zero-order chi connectivity index (χ0) is 15.3. The first-order valence-electron chi connectivity index (χ1n) is 5.98. The second-order valence-electron chi connectivity index (χ2n) is 4.14. The molecule has 0 aliphatic carbocycles. The number of hydrogen-bond acceptors (Lipinski definition) is 4. The van der Waals surface area contributed by atoms with Crippen LogP contribution in [-0.2, 0) is 17.1 Å². The zero-order valence-corrected chi connectivity index (χ0v) is 12.4. The Bertz CT molecular complexity index is 592. The minimum atomic E-state index is -3.59. The van der Waals surface area contributed by atoms with Crippen LogP contribution in [0.2, 0.25) is 0 Å². The number of carbonyl (C=O) groups is 1. The van der Waals surface area contributed by atoms with Crippen LogP contribution in [0.3, 0.4) is 0 Å². The number of aliphatic hydroxyl groups excluding tert-OH is 1. The lowest BCUT2D eigenvalue weighted by Gasteiger charge is -2.20. The average molecular weight is 301 g/mol. The number of amides is 1. The van der Waals surface area contributed by atoms with Crippen LogP contribution in [0.4, 0.5) is 0 Å². The predicted molar refractivity (Wildman–Crippen MR) is 74.8 cm³/mol. The van der Waals surface area contributed by atoms with E-state index in [9.17, 15) is 13.2 Å². The molecule has 0 fully saturated rings. The number of hydrogen-bond donors (Lipinski definition) is 2. The number of aliphatic hydroxyl groups is 1. The van der Waals surface area contributed by atoms with Crippen LogP contribution in [0.1, 0.15) is 10.5 Å². The normalized spacial score (nSPS) is 11.3. The van der Waals surface area contributed by atoms with Crippen molar-refractivity contribution in [1.82, 2.24) is 14.2 Å². The molecule has 0 aliphatic rings. The quantitative estimate of drug-likeness (QED) is 0.668. The molecule has 0 radical (unpaired) electrons. The van der Waals surface area contributed by atoms with Crippen molar-refractivity contribution >= 4 is 15.9 Å². The Balaban J connectivity index is 3.13. The lowest BCUT2D eigenvalue weighted by Crippen LogP contribution is -2.34. The fraction of sp³-hybridized carbons (Fsp3) is 0.417. The van der Waals surface area contributed by atoms with E-state index in [1.807, 2.05) is 0 Å². The molecule has 1 amide bonds. The van der Waals surface area contributed by atoms with Gasteiger partial charge in [-0.1, -0.05) is 6.08 Å². The summed E-state index contributed by atoms with van der Waals surface area (Å²) in [7, 11) is -0.699. The average Bonchev–Trinajstić information content (AvgIpc) is 2.80. The van der Waals surface area contributed by atoms with Crippen molar-refractivity contribution in [3.8, 4) is 0 Å². The molecule has 0 saturated carbocycles. The van der Waals surface area contributed by atoms with Gasteiger partial charge in [0.25, 0.3) is 5.91 Å². The van der Waals surface area contributed by atoms with E-state index < -0.39 is 10.0 Å². The Morgan fingerprint density at radius 1 is 1.60 bits per heavy atom. The first-order valence-corrected chi connectivity index (χ1v) is 7.46. The van der Waals surface area contributed by atoms with Gasteiger partial charge in [-0.25, -0.2) is 13.1 Å². The first kappa shape index (κ1) is 16.4. The number of carbonyl (C=O) groups excluding carboxylic acids is 1. The first-order chi connectivity index (χ1) is 9.37. The van der Waals surface area contributed by atoms with Gasteiger partial charge in [0.15, 0.2) is 0 Å². The van der Waals surface area contributed by atoms with Gasteiger partial charge in [-0.05, 0) is 13.1 Å². The molecule has 0 aromatic carbocycles. The van der Waals surface area contributed by atoms with Gasteiger partial charge in [0.05, 0.1) is 6.61 Å². The standard InChI is InChI=1S/C12H19N3O4S/c1-4-5-15(6-7-16)12(17)11-8-10(9-14(11)3)20(18,19)13-2/h4,8-9,13,16H,1,5-7H2,2-3H3. The summed E-state index contributed by atoms with van der Waals surface area (Å²) in [6.07, 6.45) is 2.91. The molecule has 8 heteroatoms. The number of sulfonamides is 1. The molecule has 20 heavy (non-hydrogen) atoms. The van der Waals surface area contributed by atoms with Crippen molar-refractivity contribution in [3.05, 3.63) is 30.6 Å². The molecule has 0 unspecified atom stereocenters. The number of rotatable bonds is 7. The van der Waals surface area contributed by atoms with Crippen molar-refractivity contribution in [2.24, 2.45) is 7.05 Å². The van der Waals surface area contributed by atoms with Crippen LogP contribution in [0.25, 0.3) is 0 Å². The van der Waals surface area contributed by atoms with Gasteiger partial charge in [-0.3, -0.25) is 4.79 Å². The van der Waals surface area contributed by atoms with Crippen LogP contribution < -0.4 is 4.72 Å². The van der Waals surface area contributed by atoms with E-state index in [0.29, 0.717) is 0 Å². The lowest BCUT2D eigenvalue weighted by atomic mass is 10.3. The second-order valence-corrected chi connectivity index (χ2v) is 6.03. The van der Waals surface area contributed by atoms with E-state index in [-0.39, 0.29) is 36.2 Å². The molecule has 1 rings (SSSR count). The predicted octanol–water partition coefficient (Wildman–Crippen LogP) is -0.446. The van der Waals surface area contributed by atoms with E-state index in [4.69, 9.17) is 5.11 Å². The summed E-state index contributed by atoms with van der Waals surface area (Å²) < 4.78 is 27.0. The Labute approximate surface area is 118 Å². The third kappa shape index (κ3) is 3.47. The minimum absolute atomic E-state index is 0.0217. The summed E-state index contributed by atoms with van der Waals surface area (Å²) in [5, 5.41) is 8.96. The van der Waals surface area contributed by atoms with E-state index >= 15 is 0 Å². The fourth-order valence-corrected chi connectivity index (χ4v) is 2.53. The number of nitrogens with zero attached hydrogens (tertiary/aromatic N) is 2. The highest BCUT2D eigenvalue weighted by atomic mass is 32.2. The molecule has 7 nitrogen and oxygen atoms in total. The van der Waals surface area contributed by atoms with Crippen molar-refractivity contribution in [3.63, 3.8) is 0 Å². The van der Waals surface area contributed by atoms with E-state index in [1.165, 1.54) is 28.8 Å². The smallest absolute Gasteiger partial charge is 0.270 e. The van der Waals surface area contributed by atoms with Gasteiger partial charge >= 0.3 is 0 Å².